The predicted molar refractivity (Wildman–Crippen MR) is 102 cm³/mol. The second kappa shape index (κ2) is 7.17. The van der Waals surface area contributed by atoms with E-state index in [2.05, 4.69) is 10.3 Å². The standard InChI is InChI=1S/C19H15ClN2O2S/c1-11-17(25-19(21-11)14-6-3-7-15(20)9-14)18(24)22-16-8-4-5-13(10-16)12(2)23/h3-10H,1-2H3,(H,22,24). The average Bonchev–Trinajstić information content (AvgIpc) is 2.97. The van der Waals surface area contributed by atoms with E-state index in [1.807, 2.05) is 18.2 Å². The number of hydrogen-bond donors (Lipinski definition) is 1. The van der Waals surface area contributed by atoms with Crippen LogP contribution in [0.4, 0.5) is 5.69 Å². The van der Waals surface area contributed by atoms with Gasteiger partial charge in [0.2, 0.25) is 0 Å². The molecule has 126 valence electrons. The highest BCUT2D eigenvalue weighted by molar-refractivity contribution is 7.17. The van der Waals surface area contributed by atoms with Gasteiger partial charge in [0.15, 0.2) is 5.78 Å². The lowest BCUT2D eigenvalue weighted by molar-refractivity contribution is 0.101. The first-order chi connectivity index (χ1) is 11.9. The average molecular weight is 371 g/mol. The van der Waals surface area contributed by atoms with E-state index >= 15 is 0 Å². The molecular weight excluding hydrogens is 356 g/mol. The van der Waals surface area contributed by atoms with Crippen LogP contribution in [0.3, 0.4) is 0 Å². The summed E-state index contributed by atoms with van der Waals surface area (Å²) in [5.41, 5.74) is 2.66. The first kappa shape index (κ1) is 17.3. The van der Waals surface area contributed by atoms with Gasteiger partial charge in [0.25, 0.3) is 5.91 Å². The molecule has 0 atom stereocenters. The van der Waals surface area contributed by atoms with Gasteiger partial charge in [-0.15, -0.1) is 11.3 Å². The zero-order valence-electron chi connectivity index (χ0n) is 13.7. The van der Waals surface area contributed by atoms with Crippen molar-refractivity contribution in [3.8, 4) is 10.6 Å². The van der Waals surface area contributed by atoms with Crippen LogP contribution in [-0.4, -0.2) is 16.7 Å². The third-order valence-corrected chi connectivity index (χ3v) is 5.04. The molecule has 2 aromatic carbocycles. The van der Waals surface area contributed by atoms with Crippen LogP contribution in [0.25, 0.3) is 10.6 Å². The van der Waals surface area contributed by atoms with Crippen molar-refractivity contribution in [2.45, 2.75) is 13.8 Å². The minimum atomic E-state index is -0.246. The summed E-state index contributed by atoms with van der Waals surface area (Å²) >= 11 is 7.33. The molecule has 0 spiro atoms. The molecule has 25 heavy (non-hydrogen) atoms. The number of benzene rings is 2. The molecule has 0 saturated carbocycles. The van der Waals surface area contributed by atoms with Gasteiger partial charge in [-0.3, -0.25) is 9.59 Å². The summed E-state index contributed by atoms with van der Waals surface area (Å²) in [6.45, 7) is 3.29. The first-order valence-corrected chi connectivity index (χ1v) is 8.79. The predicted octanol–water partition coefficient (Wildman–Crippen LogP) is 5.23. The van der Waals surface area contributed by atoms with Gasteiger partial charge in [0, 0.05) is 21.8 Å². The number of halogens is 1. The molecule has 4 nitrogen and oxygen atoms in total. The number of nitrogens with one attached hydrogen (secondary N) is 1. The number of nitrogens with zero attached hydrogens (tertiary/aromatic N) is 1. The lowest BCUT2D eigenvalue weighted by Gasteiger charge is -2.05. The summed E-state index contributed by atoms with van der Waals surface area (Å²) < 4.78 is 0. The van der Waals surface area contributed by atoms with Crippen molar-refractivity contribution in [3.63, 3.8) is 0 Å². The van der Waals surface area contributed by atoms with E-state index in [9.17, 15) is 9.59 Å². The number of hydrogen-bond acceptors (Lipinski definition) is 4. The Kier molecular flexibility index (Phi) is 4.97. The normalized spacial score (nSPS) is 10.5. The Morgan fingerprint density at radius 2 is 1.88 bits per heavy atom. The maximum absolute atomic E-state index is 12.6. The van der Waals surface area contributed by atoms with Crippen molar-refractivity contribution in [1.29, 1.82) is 0 Å². The minimum Gasteiger partial charge on any atom is -0.321 e. The van der Waals surface area contributed by atoms with Gasteiger partial charge in [0.05, 0.1) is 5.69 Å². The molecule has 0 aliphatic carbocycles. The van der Waals surface area contributed by atoms with E-state index in [1.165, 1.54) is 18.3 Å². The number of rotatable bonds is 4. The summed E-state index contributed by atoms with van der Waals surface area (Å²) in [5.74, 6) is -0.294. The Balaban J connectivity index is 1.86. The summed E-state index contributed by atoms with van der Waals surface area (Å²) in [6.07, 6.45) is 0. The molecule has 0 saturated heterocycles. The van der Waals surface area contributed by atoms with Crippen LogP contribution in [0.5, 0.6) is 0 Å². The molecule has 1 amide bonds. The summed E-state index contributed by atoms with van der Waals surface area (Å²) in [5, 5.41) is 4.18. The van der Waals surface area contributed by atoms with Crippen LogP contribution < -0.4 is 5.32 Å². The number of Topliss-reactive ketones (excluding diaryl/α,β-unsaturated/α-hetero) is 1. The second-order valence-electron chi connectivity index (χ2n) is 5.54. The van der Waals surface area contributed by atoms with Gasteiger partial charge in [-0.05, 0) is 38.1 Å². The maximum Gasteiger partial charge on any atom is 0.267 e. The SMILES string of the molecule is CC(=O)c1cccc(NC(=O)c2sc(-c3cccc(Cl)c3)nc2C)c1. The van der Waals surface area contributed by atoms with Crippen molar-refractivity contribution in [3.05, 3.63) is 69.7 Å². The number of aryl methyl sites for hydroxylation is 1. The maximum atomic E-state index is 12.6. The number of ketones is 1. The molecule has 0 fully saturated rings. The summed E-state index contributed by atoms with van der Waals surface area (Å²) in [4.78, 5) is 29.0. The Morgan fingerprint density at radius 3 is 2.60 bits per heavy atom. The van der Waals surface area contributed by atoms with Gasteiger partial charge >= 0.3 is 0 Å². The number of anilines is 1. The molecule has 1 N–H and O–H groups in total. The zero-order chi connectivity index (χ0) is 18.0. The fourth-order valence-corrected chi connectivity index (χ4v) is 3.50. The third-order valence-electron chi connectivity index (χ3n) is 3.60. The molecule has 6 heteroatoms. The van der Waals surface area contributed by atoms with Crippen LogP contribution in [0.2, 0.25) is 5.02 Å². The molecule has 0 unspecified atom stereocenters. The molecular formula is C19H15ClN2O2S. The molecule has 1 heterocycles. The largest absolute Gasteiger partial charge is 0.321 e. The lowest BCUT2D eigenvalue weighted by atomic mass is 10.1. The highest BCUT2D eigenvalue weighted by Gasteiger charge is 2.17. The van der Waals surface area contributed by atoms with Crippen LogP contribution in [0.1, 0.15) is 32.6 Å². The third kappa shape index (κ3) is 3.95. The summed E-state index contributed by atoms with van der Waals surface area (Å²) in [7, 11) is 0. The van der Waals surface area contributed by atoms with E-state index < -0.39 is 0 Å². The van der Waals surface area contributed by atoms with E-state index in [0.717, 1.165) is 10.6 Å². The van der Waals surface area contributed by atoms with Crippen molar-refractivity contribution < 1.29 is 9.59 Å². The number of aromatic nitrogens is 1. The first-order valence-electron chi connectivity index (χ1n) is 7.60. The molecule has 3 aromatic rings. The zero-order valence-corrected chi connectivity index (χ0v) is 15.2. The van der Waals surface area contributed by atoms with Gasteiger partial charge in [0.1, 0.15) is 9.88 Å². The van der Waals surface area contributed by atoms with E-state index in [4.69, 9.17) is 11.6 Å². The fourth-order valence-electron chi connectivity index (χ4n) is 2.36. The lowest BCUT2D eigenvalue weighted by Crippen LogP contribution is -2.11. The molecule has 0 aliphatic heterocycles. The smallest absolute Gasteiger partial charge is 0.267 e. The fraction of sp³-hybridized carbons (Fsp3) is 0.105. The molecule has 3 rings (SSSR count). The Morgan fingerprint density at radius 1 is 1.12 bits per heavy atom. The van der Waals surface area contributed by atoms with E-state index in [0.29, 0.717) is 26.8 Å². The van der Waals surface area contributed by atoms with Gasteiger partial charge < -0.3 is 5.32 Å². The Hall–Kier alpha value is -2.50. The molecule has 0 bridgehead atoms. The van der Waals surface area contributed by atoms with Crippen LogP contribution in [-0.2, 0) is 0 Å². The van der Waals surface area contributed by atoms with Crippen LogP contribution in [0.15, 0.2) is 48.5 Å². The van der Waals surface area contributed by atoms with Crippen molar-refractivity contribution in [2.24, 2.45) is 0 Å². The topological polar surface area (TPSA) is 59.1 Å². The van der Waals surface area contributed by atoms with Crippen molar-refractivity contribution in [1.82, 2.24) is 4.98 Å². The quantitative estimate of drug-likeness (QED) is 0.640. The van der Waals surface area contributed by atoms with E-state index in [-0.39, 0.29) is 11.7 Å². The van der Waals surface area contributed by atoms with Gasteiger partial charge in [-0.2, -0.15) is 0 Å². The molecule has 1 aromatic heterocycles. The number of carbonyl (C=O) groups is 2. The second-order valence-corrected chi connectivity index (χ2v) is 6.97. The number of carbonyl (C=O) groups excluding carboxylic acids is 2. The minimum absolute atomic E-state index is 0.0479. The number of amides is 1. The molecule has 0 aliphatic rings. The van der Waals surface area contributed by atoms with Crippen LogP contribution >= 0.6 is 22.9 Å². The van der Waals surface area contributed by atoms with Gasteiger partial charge in [-0.25, -0.2) is 4.98 Å². The van der Waals surface area contributed by atoms with Crippen molar-refractivity contribution >= 4 is 40.3 Å². The highest BCUT2D eigenvalue weighted by atomic mass is 35.5. The Labute approximate surface area is 154 Å². The molecule has 0 radical (unpaired) electrons. The monoisotopic (exact) mass is 370 g/mol. The van der Waals surface area contributed by atoms with E-state index in [1.54, 1.807) is 37.3 Å². The van der Waals surface area contributed by atoms with Gasteiger partial charge in [-0.1, -0.05) is 35.9 Å². The van der Waals surface area contributed by atoms with Crippen LogP contribution in [0, 0.1) is 6.92 Å². The van der Waals surface area contributed by atoms with Crippen molar-refractivity contribution in [2.75, 3.05) is 5.32 Å². The highest BCUT2D eigenvalue weighted by Crippen LogP contribution is 2.30. The summed E-state index contributed by atoms with van der Waals surface area (Å²) in [6, 6.07) is 14.2. The number of thiazole rings is 1. The Bertz CT molecular complexity index is 966.